The van der Waals surface area contributed by atoms with E-state index in [9.17, 15) is 27.5 Å². The van der Waals surface area contributed by atoms with E-state index in [1.165, 1.54) is 7.11 Å². The van der Waals surface area contributed by atoms with Gasteiger partial charge in [-0.15, -0.1) is 0 Å². The Morgan fingerprint density at radius 1 is 1.24 bits per heavy atom. The highest BCUT2D eigenvalue weighted by atomic mass is 19.4. The van der Waals surface area contributed by atoms with Crippen LogP contribution >= 0.6 is 0 Å². The number of hydrogen-bond donors (Lipinski definition) is 2. The van der Waals surface area contributed by atoms with Gasteiger partial charge in [-0.25, -0.2) is 4.39 Å². The fourth-order valence-corrected chi connectivity index (χ4v) is 4.23. The van der Waals surface area contributed by atoms with Crippen molar-refractivity contribution in [1.29, 1.82) is 0 Å². The van der Waals surface area contributed by atoms with Crippen LogP contribution in [0.1, 0.15) is 47.6 Å². The molecule has 2 N–H and O–H groups in total. The number of nitrogens with zero attached hydrogens (tertiary/aromatic N) is 2. The Hall–Kier alpha value is -3.14. The van der Waals surface area contributed by atoms with E-state index >= 15 is 0 Å². The predicted molar refractivity (Wildman–Crippen MR) is 114 cm³/mol. The van der Waals surface area contributed by atoms with Crippen LogP contribution < -0.4 is 10.1 Å². The van der Waals surface area contributed by atoms with Crippen molar-refractivity contribution in [3.8, 4) is 5.75 Å². The number of aliphatic hydroxyl groups excluding tert-OH is 1. The molecule has 0 aliphatic heterocycles. The van der Waals surface area contributed by atoms with Gasteiger partial charge < -0.3 is 15.2 Å². The largest absolute Gasteiger partial charge is 0.494 e. The molecule has 4 rings (SSSR count). The van der Waals surface area contributed by atoms with Crippen molar-refractivity contribution < 1.29 is 32.2 Å². The van der Waals surface area contributed by atoms with Crippen LogP contribution in [0.2, 0.25) is 0 Å². The second-order valence-electron chi connectivity index (χ2n) is 8.20. The molecule has 1 aliphatic carbocycles. The summed E-state index contributed by atoms with van der Waals surface area (Å²) in [7, 11) is 1.38. The topological polar surface area (TPSA) is 76.4 Å². The number of anilines is 1. The molecule has 0 saturated heterocycles. The maximum absolute atomic E-state index is 14.4. The maximum atomic E-state index is 14.4. The van der Waals surface area contributed by atoms with Crippen LogP contribution in [0.5, 0.6) is 5.75 Å². The van der Waals surface area contributed by atoms with E-state index < -0.39 is 29.0 Å². The number of amides is 1. The van der Waals surface area contributed by atoms with Crippen LogP contribution in [0.3, 0.4) is 0 Å². The molecule has 33 heavy (non-hydrogen) atoms. The lowest BCUT2D eigenvalue weighted by atomic mass is 9.87. The quantitative estimate of drug-likeness (QED) is 0.509. The number of halogens is 4. The van der Waals surface area contributed by atoms with E-state index in [4.69, 9.17) is 4.74 Å². The predicted octanol–water partition coefficient (Wildman–Crippen LogP) is 5.18. The number of fused-ring (bicyclic) bond motifs is 1. The number of alkyl halides is 3. The first kappa shape index (κ1) is 23.0. The third kappa shape index (κ3) is 4.66. The monoisotopic (exact) mass is 465 g/mol. The summed E-state index contributed by atoms with van der Waals surface area (Å²) in [6.07, 6.45) is 0.500. The van der Waals surface area contributed by atoms with Crippen molar-refractivity contribution >= 4 is 22.5 Å². The third-order valence-corrected chi connectivity index (χ3v) is 6.09. The minimum atomic E-state index is -4.91. The van der Waals surface area contributed by atoms with Crippen molar-refractivity contribution in [3.05, 3.63) is 53.5 Å². The van der Waals surface area contributed by atoms with Gasteiger partial charge in [0.15, 0.2) is 0 Å². The Morgan fingerprint density at radius 3 is 2.61 bits per heavy atom. The molecule has 1 fully saturated rings. The van der Waals surface area contributed by atoms with Crippen LogP contribution in [-0.2, 0) is 6.18 Å². The lowest BCUT2D eigenvalue weighted by Gasteiger charge is -2.27. The number of carbonyl (C=O) groups is 1. The molecule has 0 unspecified atom stereocenters. The van der Waals surface area contributed by atoms with Crippen LogP contribution in [0.15, 0.2) is 36.5 Å². The molecule has 10 heteroatoms. The average Bonchev–Trinajstić information content (AvgIpc) is 3.20. The number of rotatable bonds is 5. The van der Waals surface area contributed by atoms with Crippen molar-refractivity contribution in [2.75, 3.05) is 19.0 Å². The second kappa shape index (κ2) is 9.01. The number of ether oxygens (including phenoxy) is 1. The molecule has 1 aromatic heterocycles. The maximum Gasteiger partial charge on any atom is 0.419 e. The normalized spacial score (nSPS) is 19.0. The number of nitrogens with one attached hydrogen (secondary N) is 1. The fraction of sp³-hybridized carbons (Fsp3) is 0.391. The zero-order valence-electron chi connectivity index (χ0n) is 17.8. The van der Waals surface area contributed by atoms with Crippen LogP contribution in [-0.4, -0.2) is 34.5 Å². The summed E-state index contributed by atoms with van der Waals surface area (Å²) in [5.74, 6) is -2.10. The molecule has 1 heterocycles. The first-order chi connectivity index (χ1) is 15.7. The van der Waals surface area contributed by atoms with Gasteiger partial charge >= 0.3 is 6.18 Å². The van der Waals surface area contributed by atoms with Crippen LogP contribution in [0.25, 0.3) is 10.9 Å². The molecule has 1 aliphatic rings. The molecule has 0 spiro atoms. The summed E-state index contributed by atoms with van der Waals surface area (Å²) < 4.78 is 60.5. The minimum Gasteiger partial charge on any atom is -0.494 e. The standard InChI is InChI=1S/C23H23F4N3O3/c1-33-20-10-18-14(11-30(29-18)15-7-5-13(12-31)6-8-15)9-19(20)28-22(32)16-3-2-4-17(21(16)24)23(25,26)27/h2-4,9-11,13,15,31H,5-8,12H2,1H3,(H,28,32)/t13-,15-. The van der Waals surface area contributed by atoms with Gasteiger partial charge in [-0.3, -0.25) is 9.48 Å². The Balaban J connectivity index is 1.61. The van der Waals surface area contributed by atoms with Gasteiger partial charge in [0.1, 0.15) is 11.6 Å². The highest BCUT2D eigenvalue weighted by Gasteiger charge is 2.35. The Kier molecular flexibility index (Phi) is 6.29. The smallest absolute Gasteiger partial charge is 0.419 e. The first-order valence-corrected chi connectivity index (χ1v) is 10.6. The van der Waals surface area contributed by atoms with Gasteiger partial charge in [0.05, 0.1) is 35.5 Å². The Bertz CT molecular complexity index is 1170. The Morgan fingerprint density at radius 2 is 1.97 bits per heavy atom. The van der Waals surface area contributed by atoms with Crippen molar-refractivity contribution in [1.82, 2.24) is 9.78 Å². The van der Waals surface area contributed by atoms with Gasteiger partial charge in [-0.2, -0.15) is 18.3 Å². The summed E-state index contributed by atoms with van der Waals surface area (Å²) in [6.45, 7) is 0.181. The molecule has 0 radical (unpaired) electrons. The lowest BCUT2D eigenvalue weighted by molar-refractivity contribution is -0.140. The van der Waals surface area contributed by atoms with E-state index in [0.29, 0.717) is 22.9 Å². The highest BCUT2D eigenvalue weighted by molar-refractivity contribution is 6.06. The van der Waals surface area contributed by atoms with E-state index in [-0.39, 0.29) is 24.1 Å². The summed E-state index contributed by atoms with van der Waals surface area (Å²) in [5.41, 5.74) is -1.41. The van der Waals surface area contributed by atoms with E-state index in [2.05, 4.69) is 10.4 Å². The molecule has 0 bridgehead atoms. The molecule has 3 aromatic rings. The molecule has 0 atom stereocenters. The summed E-state index contributed by atoms with van der Waals surface area (Å²) in [6, 6.07) is 5.95. The lowest BCUT2D eigenvalue weighted by Crippen LogP contribution is -2.20. The highest BCUT2D eigenvalue weighted by Crippen LogP contribution is 2.36. The van der Waals surface area contributed by atoms with Gasteiger partial charge in [-0.1, -0.05) is 6.07 Å². The number of methoxy groups -OCH3 is 1. The van der Waals surface area contributed by atoms with Crippen LogP contribution in [0.4, 0.5) is 23.2 Å². The van der Waals surface area contributed by atoms with Crippen LogP contribution in [0, 0.1) is 11.7 Å². The average molecular weight is 465 g/mol. The Labute approximate surface area is 187 Å². The number of aliphatic hydroxyl groups is 1. The second-order valence-corrected chi connectivity index (χ2v) is 8.20. The van der Waals surface area contributed by atoms with E-state index in [1.54, 1.807) is 12.1 Å². The SMILES string of the molecule is COc1cc2nn([C@H]3CC[C@H](CO)CC3)cc2cc1NC(=O)c1cccc(C(F)(F)F)c1F. The van der Waals surface area contributed by atoms with Gasteiger partial charge in [0.25, 0.3) is 5.91 Å². The zero-order chi connectivity index (χ0) is 23.8. The molecule has 1 saturated carbocycles. The van der Waals surface area contributed by atoms with Gasteiger partial charge in [0.2, 0.25) is 0 Å². The van der Waals surface area contributed by atoms with Crippen molar-refractivity contribution in [2.24, 2.45) is 5.92 Å². The van der Waals surface area contributed by atoms with Gasteiger partial charge in [-0.05, 0) is 49.8 Å². The molecular weight excluding hydrogens is 442 g/mol. The molecule has 2 aromatic carbocycles. The third-order valence-electron chi connectivity index (χ3n) is 6.09. The minimum absolute atomic E-state index is 0.181. The fourth-order valence-electron chi connectivity index (χ4n) is 4.23. The summed E-state index contributed by atoms with van der Waals surface area (Å²) in [5, 5.41) is 17.1. The number of hydrogen-bond acceptors (Lipinski definition) is 4. The summed E-state index contributed by atoms with van der Waals surface area (Å²) in [4.78, 5) is 12.6. The molecule has 1 amide bonds. The first-order valence-electron chi connectivity index (χ1n) is 10.6. The van der Waals surface area contributed by atoms with Gasteiger partial charge in [0, 0.05) is 24.3 Å². The van der Waals surface area contributed by atoms with Crippen molar-refractivity contribution in [3.63, 3.8) is 0 Å². The molecule has 176 valence electrons. The van der Waals surface area contributed by atoms with E-state index in [1.807, 2.05) is 10.9 Å². The zero-order valence-corrected chi connectivity index (χ0v) is 17.8. The molecule has 6 nitrogen and oxygen atoms in total. The number of benzene rings is 2. The van der Waals surface area contributed by atoms with E-state index in [0.717, 1.165) is 37.8 Å². The van der Waals surface area contributed by atoms with Crippen molar-refractivity contribution in [2.45, 2.75) is 37.9 Å². The number of carbonyl (C=O) groups excluding carboxylic acids is 1. The molecular formula is C23H23F4N3O3. The number of aromatic nitrogens is 2. The summed E-state index contributed by atoms with van der Waals surface area (Å²) >= 11 is 0.